The number of hydrogen-bond donors (Lipinski definition) is 0. The van der Waals surface area contributed by atoms with Gasteiger partial charge in [0.2, 0.25) is 5.78 Å². The Morgan fingerprint density at radius 1 is 1.03 bits per heavy atom. The summed E-state index contributed by atoms with van der Waals surface area (Å²) in [6, 6.07) is 17.9. The number of halogens is 1. The molecule has 5 rings (SSSR count). The Kier molecular flexibility index (Phi) is 5.50. The Morgan fingerprint density at radius 3 is 2.53 bits per heavy atom. The van der Waals surface area contributed by atoms with E-state index < -0.39 is 0 Å². The van der Waals surface area contributed by atoms with Crippen LogP contribution in [0.5, 0.6) is 11.5 Å². The van der Waals surface area contributed by atoms with Gasteiger partial charge in [-0.3, -0.25) is 9.69 Å². The van der Waals surface area contributed by atoms with Crippen molar-refractivity contribution in [1.82, 2.24) is 4.90 Å². The number of hydrogen-bond acceptors (Lipinski definition) is 4. The molecule has 0 saturated carbocycles. The first-order valence-corrected chi connectivity index (χ1v) is 11.1. The van der Waals surface area contributed by atoms with E-state index in [0.717, 1.165) is 47.0 Å². The van der Waals surface area contributed by atoms with E-state index in [4.69, 9.17) is 21.1 Å². The van der Waals surface area contributed by atoms with E-state index in [1.165, 1.54) is 11.1 Å². The van der Waals surface area contributed by atoms with Crippen molar-refractivity contribution < 1.29 is 14.3 Å². The van der Waals surface area contributed by atoms with Crippen LogP contribution < -0.4 is 9.47 Å². The fraction of sp³-hybridized carbons (Fsp3) is 0.222. The van der Waals surface area contributed by atoms with E-state index >= 15 is 0 Å². The topological polar surface area (TPSA) is 38.8 Å². The molecule has 0 saturated heterocycles. The van der Waals surface area contributed by atoms with Crippen molar-refractivity contribution in [2.24, 2.45) is 0 Å². The SMILES string of the molecule is Cc1ccc(/C=C2\Oc3c(cc4c(c3C)OCN(CCc3ccc(Cl)cc3)C4)C2=O)cc1. The van der Waals surface area contributed by atoms with Crippen molar-refractivity contribution in [1.29, 1.82) is 0 Å². The summed E-state index contributed by atoms with van der Waals surface area (Å²) in [5, 5.41) is 0.746. The van der Waals surface area contributed by atoms with Crippen LogP contribution in [0.1, 0.15) is 38.2 Å². The molecule has 32 heavy (non-hydrogen) atoms. The molecule has 0 spiro atoms. The third-order valence-electron chi connectivity index (χ3n) is 6.01. The third-order valence-corrected chi connectivity index (χ3v) is 6.26. The fourth-order valence-corrected chi connectivity index (χ4v) is 4.32. The molecular weight excluding hydrogens is 422 g/mol. The second kappa shape index (κ2) is 8.45. The van der Waals surface area contributed by atoms with Gasteiger partial charge in [-0.25, -0.2) is 0 Å². The monoisotopic (exact) mass is 445 g/mol. The molecule has 0 radical (unpaired) electrons. The third kappa shape index (κ3) is 4.04. The minimum Gasteiger partial charge on any atom is -0.477 e. The highest BCUT2D eigenvalue weighted by Crippen LogP contribution is 2.43. The zero-order chi connectivity index (χ0) is 22.2. The van der Waals surface area contributed by atoms with Gasteiger partial charge in [0, 0.05) is 29.2 Å². The van der Waals surface area contributed by atoms with Crippen molar-refractivity contribution in [3.8, 4) is 11.5 Å². The highest BCUT2D eigenvalue weighted by Gasteiger charge is 2.33. The molecule has 0 unspecified atom stereocenters. The number of fused-ring (bicyclic) bond motifs is 2. The number of nitrogens with zero attached hydrogens (tertiary/aromatic N) is 1. The van der Waals surface area contributed by atoms with E-state index in [0.29, 0.717) is 23.8 Å². The average Bonchev–Trinajstić information content (AvgIpc) is 3.10. The number of carbonyl (C=O) groups excluding carboxylic acids is 1. The van der Waals surface area contributed by atoms with E-state index in [1.54, 1.807) is 6.08 Å². The van der Waals surface area contributed by atoms with Gasteiger partial charge in [-0.1, -0.05) is 53.6 Å². The minimum absolute atomic E-state index is 0.0789. The van der Waals surface area contributed by atoms with Crippen molar-refractivity contribution in [3.63, 3.8) is 0 Å². The summed E-state index contributed by atoms with van der Waals surface area (Å²) in [7, 11) is 0. The molecular formula is C27H24ClNO3. The number of ether oxygens (including phenoxy) is 2. The van der Waals surface area contributed by atoms with Crippen LogP contribution in [-0.4, -0.2) is 24.0 Å². The van der Waals surface area contributed by atoms with Gasteiger partial charge >= 0.3 is 0 Å². The van der Waals surface area contributed by atoms with Gasteiger partial charge in [0.1, 0.15) is 18.2 Å². The molecule has 4 nitrogen and oxygen atoms in total. The standard InChI is InChI=1S/C27H24ClNO3/c1-17-3-5-20(6-4-17)13-24-25(30)23-14-21-15-29(12-11-19-7-9-22(28)10-8-19)16-31-26(21)18(2)27(23)32-24/h3-10,13-14H,11-12,15-16H2,1-2H3/b24-13-. The Bertz CT molecular complexity index is 1210. The number of Topliss-reactive ketones (excluding diaryl/α,β-unsaturated/α-hetero) is 1. The Morgan fingerprint density at radius 2 is 1.78 bits per heavy atom. The molecule has 2 heterocycles. The molecule has 2 aliphatic rings. The van der Waals surface area contributed by atoms with E-state index in [1.807, 2.05) is 56.3 Å². The number of allylic oxidation sites excluding steroid dienone is 1. The number of ketones is 1. The molecule has 5 heteroatoms. The van der Waals surface area contributed by atoms with Crippen molar-refractivity contribution in [2.45, 2.75) is 26.8 Å². The van der Waals surface area contributed by atoms with Gasteiger partial charge in [-0.15, -0.1) is 0 Å². The predicted molar refractivity (Wildman–Crippen MR) is 126 cm³/mol. The summed E-state index contributed by atoms with van der Waals surface area (Å²) in [5.74, 6) is 1.72. The molecule has 3 aromatic carbocycles. The highest BCUT2D eigenvalue weighted by molar-refractivity contribution is 6.30. The maximum absolute atomic E-state index is 13.1. The summed E-state index contributed by atoms with van der Waals surface area (Å²) in [4.78, 5) is 15.3. The summed E-state index contributed by atoms with van der Waals surface area (Å²) in [5.41, 5.74) is 5.88. The highest BCUT2D eigenvalue weighted by atomic mass is 35.5. The molecule has 3 aromatic rings. The van der Waals surface area contributed by atoms with Crippen LogP contribution in [0.2, 0.25) is 5.02 Å². The number of rotatable bonds is 4. The molecule has 0 amide bonds. The largest absolute Gasteiger partial charge is 0.477 e. The molecule has 2 aliphatic heterocycles. The predicted octanol–water partition coefficient (Wildman–Crippen LogP) is 5.97. The first-order valence-electron chi connectivity index (χ1n) is 10.7. The summed E-state index contributed by atoms with van der Waals surface area (Å²) in [6.45, 7) is 6.11. The first-order chi connectivity index (χ1) is 15.5. The maximum atomic E-state index is 13.1. The van der Waals surface area contributed by atoms with Crippen molar-refractivity contribution in [2.75, 3.05) is 13.3 Å². The van der Waals surface area contributed by atoms with E-state index in [9.17, 15) is 4.79 Å². The van der Waals surface area contributed by atoms with E-state index in [2.05, 4.69) is 17.0 Å². The average molecular weight is 446 g/mol. The van der Waals surface area contributed by atoms with Gasteiger partial charge in [-0.05, 0) is 55.7 Å². The zero-order valence-electron chi connectivity index (χ0n) is 18.2. The molecule has 0 bridgehead atoms. The smallest absolute Gasteiger partial charge is 0.231 e. The van der Waals surface area contributed by atoms with Crippen LogP contribution in [0, 0.1) is 13.8 Å². The minimum atomic E-state index is -0.0789. The van der Waals surface area contributed by atoms with Crippen LogP contribution in [0.3, 0.4) is 0 Å². The Balaban J connectivity index is 1.35. The van der Waals surface area contributed by atoms with Crippen LogP contribution in [0.15, 0.2) is 60.4 Å². The number of benzene rings is 3. The normalized spacial score (nSPS) is 16.5. The summed E-state index contributed by atoms with van der Waals surface area (Å²) in [6.07, 6.45) is 2.71. The lowest BCUT2D eigenvalue weighted by Gasteiger charge is -2.30. The lowest BCUT2D eigenvalue weighted by Crippen LogP contribution is -2.34. The molecule has 0 aliphatic carbocycles. The second-order valence-electron chi connectivity index (χ2n) is 8.42. The summed E-state index contributed by atoms with van der Waals surface area (Å²) >= 11 is 5.98. The maximum Gasteiger partial charge on any atom is 0.231 e. The Labute approximate surface area is 193 Å². The molecule has 0 N–H and O–H groups in total. The lowest BCUT2D eigenvalue weighted by atomic mass is 9.99. The quantitative estimate of drug-likeness (QED) is 0.464. The van der Waals surface area contributed by atoms with Gasteiger partial charge in [0.15, 0.2) is 5.76 Å². The van der Waals surface area contributed by atoms with Gasteiger partial charge in [0.05, 0.1) is 5.56 Å². The molecule has 0 atom stereocenters. The lowest BCUT2D eigenvalue weighted by molar-refractivity contribution is 0.0954. The van der Waals surface area contributed by atoms with E-state index in [-0.39, 0.29) is 5.78 Å². The van der Waals surface area contributed by atoms with Crippen molar-refractivity contribution in [3.05, 3.63) is 98.8 Å². The zero-order valence-corrected chi connectivity index (χ0v) is 18.9. The number of carbonyl (C=O) groups is 1. The van der Waals surface area contributed by atoms with Crippen LogP contribution in [-0.2, 0) is 13.0 Å². The van der Waals surface area contributed by atoms with Gasteiger partial charge < -0.3 is 9.47 Å². The van der Waals surface area contributed by atoms with Crippen LogP contribution >= 0.6 is 11.6 Å². The van der Waals surface area contributed by atoms with Gasteiger partial charge in [-0.2, -0.15) is 0 Å². The Hall–Kier alpha value is -3.08. The second-order valence-corrected chi connectivity index (χ2v) is 8.86. The molecule has 0 fully saturated rings. The molecule has 162 valence electrons. The van der Waals surface area contributed by atoms with Crippen LogP contribution in [0.25, 0.3) is 6.08 Å². The van der Waals surface area contributed by atoms with Crippen LogP contribution in [0.4, 0.5) is 0 Å². The molecule has 0 aromatic heterocycles. The summed E-state index contributed by atoms with van der Waals surface area (Å²) < 4.78 is 12.1. The van der Waals surface area contributed by atoms with Gasteiger partial charge in [0.25, 0.3) is 0 Å². The number of aryl methyl sites for hydroxylation is 1. The van der Waals surface area contributed by atoms with Crippen molar-refractivity contribution >= 4 is 23.5 Å². The first kappa shape index (κ1) is 20.8. The fourth-order valence-electron chi connectivity index (χ4n) is 4.19.